The fourth-order valence-corrected chi connectivity index (χ4v) is 4.02. The molecule has 28 heavy (non-hydrogen) atoms. The van der Waals surface area contributed by atoms with E-state index < -0.39 is 5.79 Å². The number of amides is 1. The van der Waals surface area contributed by atoms with Gasteiger partial charge < -0.3 is 19.7 Å². The van der Waals surface area contributed by atoms with Crippen LogP contribution in [0.2, 0.25) is 0 Å². The zero-order valence-corrected chi connectivity index (χ0v) is 16.6. The van der Waals surface area contributed by atoms with Gasteiger partial charge in [0.05, 0.1) is 13.2 Å². The molecule has 0 aliphatic carbocycles. The highest BCUT2D eigenvalue weighted by atomic mass is 16.7. The molecule has 0 atom stereocenters. The molecule has 3 heterocycles. The molecular formula is C21H26N4O3. The normalized spacial score (nSPS) is 18.5. The molecule has 1 amide bonds. The molecule has 7 heteroatoms. The molecule has 2 aliphatic heterocycles. The Morgan fingerprint density at radius 3 is 2.39 bits per heavy atom. The van der Waals surface area contributed by atoms with Gasteiger partial charge in [-0.05, 0) is 38.0 Å². The van der Waals surface area contributed by atoms with Gasteiger partial charge in [0.1, 0.15) is 5.69 Å². The second-order valence-corrected chi connectivity index (χ2v) is 7.56. The van der Waals surface area contributed by atoms with Crippen molar-refractivity contribution in [2.45, 2.75) is 39.4 Å². The topological polar surface area (TPSA) is 76.6 Å². The van der Waals surface area contributed by atoms with E-state index in [9.17, 15) is 4.79 Å². The van der Waals surface area contributed by atoms with Crippen molar-refractivity contribution in [1.82, 2.24) is 9.97 Å². The van der Waals surface area contributed by atoms with Crippen molar-refractivity contribution >= 4 is 17.5 Å². The van der Waals surface area contributed by atoms with Gasteiger partial charge in [0.2, 0.25) is 5.95 Å². The fourth-order valence-electron chi connectivity index (χ4n) is 4.02. The number of hydrogen-bond acceptors (Lipinski definition) is 6. The Bertz CT molecular complexity index is 860. The van der Waals surface area contributed by atoms with Crippen LogP contribution in [0.3, 0.4) is 0 Å². The highest BCUT2D eigenvalue weighted by Crippen LogP contribution is 2.32. The Kier molecular flexibility index (Phi) is 5.03. The second-order valence-electron chi connectivity index (χ2n) is 7.56. The molecule has 148 valence electrons. The van der Waals surface area contributed by atoms with Crippen LogP contribution in [-0.2, 0) is 9.47 Å². The predicted molar refractivity (Wildman–Crippen MR) is 107 cm³/mol. The summed E-state index contributed by atoms with van der Waals surface area (Å²) in [6.07, 6.45) is 3.18. The molecule has 1 spiro atoms. The predicted octanol–water partition coefficient (Wildman–Crippen LogP) is 3.00. The number of piperidine rings is 1. The smallest absolute Gasteiger partial charge is 0.274 e. The highest BCUT2D eigenvalue weighted by molar-refractivity contribution is 6.03. The van der Waals surface area contributed by atoms with Crippen molar-refractivity contribution in [2.24, 2.45) is 0 Å². The molecule has 0 saturated carbocycles. The first-order chi connectivity index (χ1) is 13.5. The summed E-state index contributed by atoms with van der Waals surface area (Å²) >= 11 is 0. The second kappa shape index (κ2) is 7.48. The average Bonchev–Trinajstić information content (AvgIpc) is 3.13. The number of aromatic nitrogens is 2. The van der Waals surface area contributed by atoms with E-state index in [4.69, 9.17) is 9.47 Å². The van der Waals surface area contributed by atoms with Gasteiger partial charge in [-0.1, -0.05) is 17.7 Å². The monoisotopic (exact) mass is 382 g/mol. The Morgan fingerprint density at radius 1 is 1.11 bits per heavy atom. The first-order valence-corrected chi connectivity index (χ1v) is 9.71. The lowest BCUT2D eigenvalue weighted by atomic mass is 10.0. The highest BCUT2D eigenvalue weighted by Gasteiger charge is 2.40. The summed E-state index contributed by atoms with van der Waals surface area (Å²) in [5, 5.41) is 3.00. The van der Waals surface area contributed by atoms with Crippen LogP contribution in [0.1, 0.15) is 40.0 Å². The lowest BCUT2D eigenvalue weighted by molar-refractivity contribution is -0.169. The molecule has 0 unspecified atom stereocenters. The van der Waals surface area contributed by atoms with Gasteiger partial charge in [-0.15, -0.1) is 0 Å². The SMILES string of the molecule is Cc1cc(C)c(NC(=O)c2ccnc(N3CCC4(CC3)OCCO4)n2)c(C)c1. The summed E-state index contributed by atoms with van der Waals surface area (Å²) in [6.45, 7) is 8.83. The zero-order valence-electron chi connectivity index (χ0n) is 16.6. The van der Waals surface area contributed by atoms with Crippen LogP contribution in [0.5, 0.6) is 0 Å². The number of nitrogens with one attached hydrogen (secondary N) is 1. The number of hydrogen-bond donors (Lipinski definition) is 1. The molecular weight excluding hydrogens is 356 g/mol. The van der Waals surface area contributed by atoms with Gasteiger partial charge in [0, 0.05) is 37.8 Å². The molecule has 1 N–H and O–H groups in total. The quantitative estimate of drug-likeness (QED) is 0.879. The molecule has 1 aromatic carbocycles. The lowest BCUT2D eigenvalue weighted by Crippen LogP contribution is -2.45. The minimum absolute atomic E-state index is 0.227. The number of carbonyl (C=O) groups is 1. The standard InChI is InChI=1S/C21H26N4O3/c1-14-12-15(2)18(16(3)13-14)24-19(26)17-4-7-22-20(23-17)25-8-5-21(6-9-25)27-10-11-28-21/h4,7,12-13H,5-6,8-11H2,1-3H3,(H,24,26). The molecule has 7 nitrogen and oxygen atoms in total. The van der Waals surface area contributed by atoms with Gasteiger partial charge >= 0.3 is 0 Å². The van der Waals surface area contributed by atoms with Crippen molar-refractivity contribution in [3.05, 3.63) is 46.8 Å². The fraction of sp³-hybridized carbons (Fsp3) is 0.476. The Hall–Kier alpha value is -2.51. The maximum absolute atomic E-state index is 12.8. The molecule has 2 fully saturated rings. The van der Waals surface area contributed by atoms with E-state index in [1.165, 1.54) is 5.56 Å². The Balaban J connectivity index is 1.47. The number of rotatable bonds is 3. The number of anilines is 2. The summed E-state index contributed by atoms with van der Waals surface area (Å²) in [6, 6.07) is 5.77. The molecule has 0 radical (unpaired) electrons. The number of ether oxygens (including phenoxy) is 2. The summed E-state index contributed by atoms with van der Waals surface area (Å²) in [7, 11) is 0. The van der Waals surface area contributed by atoms with Gasteiger partial charge in [0.15, 0.2) is 5.79 Å². The van der Waals surface area contributed by atoms with Crippen LogP contribution < -0.4 is 10.2 Å². The molecule has 2 saturated heterocycles. The van der Waals surface area contributed by atoms with Gasteiger partial charge in [-0.25, -0.2) is 9.97 Å². The Labute approximate surface area is 165 Å². The number of nitrogens with zero attached hydrogens (tertiary/aromatic N) is 3. The van der Waals surface area contributed by atoms with E-state index in [1.54, 1.807) is 12.3 Å². The minimum Gasteiger partial charge on any atom is -0.347 e. The van der Waals surface area contributed by atoms with Crippen LogP contribution in [-0.4, -0.2) is 48.0 Å². The van der Waals surface area contributed by atoms with E-state index in [0.717, 1.165) is 42.7 Å². The van der Waals surface area contributed by atoms with Crippen LogP contribution >= 0.6 is 0 Å². The van der Waals surface area contributed by atoms with Crippen LogP contribution in [0, 0.1) is 20.8 Å². The molecule has 2 aliphatic rings. The molecule has 0 bridgehead atoms. The number of aryl methyl sites for hydroxylation is 3. The minimum atomic E-state index is -0.439. The van der Waals surface area contributed by atoms with E-state index in [1.807, 2.05) is 20.8 Å². The summed E-state index contributed by atoms with van der Waals surface area (Å²) in [4.78, 5) is 23.7. The van der Waals surface area contributed by atoms with Crippen molar-refractivity contribution in [2.75, 3.05) is 36.5 Å². The van der Waals surface area contributed by atoms with Gasteiger partial charge in [0.25, 0.3) is 5.91 Å². The third-order valence-corrected chi connectivity index (χ3v) is 5.41. The molecule has 2 aromatic rings. The lowest BCUT2D eigenvalue weighted by Gasteiger charge is -2.37. The van der Waals surface area contributed by atoms with E-state index in [0.29, 0.717) is 24.9 Å². The third-order valence-electron chi connectivity index (χ3n) is 5.41. The van der Waals surface area contributed by atoms with Crippen molar-refractivity contribution < 1.29 is 14.3 Å². The maximum atomic E-state index is 12.8. The van der Waals surface area contributed by atoms with Gasteiger partial charge in [-0.2, -0.15) is 0 Å². The zero-order chi connectivity index (χ0) is 19.7. The van der Waals surface area contributed by atoms with Crippen molar-refractivity contribution in [3.8, 4) is 0 Å². The average molecular weight is 382 g/mol. The van der Waals surface area contributed by atoms with Crippen LogP contribution in [0.25, 0.3) is 0 Å². The maximum Gasteiger partial charge on any atom is 0.274 e. The largest absolute Gasteiger partial charge is 0.347 e. The summed E-state index contributed by atoms with van der Waals surface area (Å²) in [5.74, 6) is -0.0982. The number of benzene rings is 1. The number of carbonyl (C=O) groups excluding carboxylic acids is 1. The first-order valence-electron chi connectivity index (χ1n) is 9.71. The Morgan fingerprint density at radius 2 is 1.75 bits per heavy atom. The van der Waals surface area contributed by atoms with E-state index in [2.05, 4.69) is 32.3 Å². The van der Waals surface area contributed by atoms with Crippen molar-refractivity contribution in [1.29, 1.82) is 0 Å². The molecule has 1 aromatic heterocycles. The van der Waals surface area contributed by atoms with Gasteiger partial charge in [-0.3, -0.25) is 4.79 Å². The first kappa shape index (κ1) is 18.8. The summed E-state index contributed by atoms with van der Waals surface area (Å²) in [5.41, 5.74) is 4.45. The molecule has 4 rings (SSSR count). The summed E-state index contributed by atoms with van der Waals surface area (Å²) < 4.78 is 11.5. The van der Waals surface area contributed by atoms with Crippen LogP contribution in [0.15, 0.2) is 24.4 Å². The van der Waals surface area contributed by atoms with Crippen LogP contribution in [0.4, 0.5) is 11.6 Å². The van der Waals surface area contributed by atoms with E-state index >= 15 is 0 Å². The third kappa shape index (κ3) is 3.72. The van der Waals surface area contributed by atoms with E-state index in [-0.39, 0.29) is 5.91 Å². The van der Waals surface area contributed by atoms with Crippen molar-refractivity contribution in [3.63, 3.8) is 0 Å².